The molecular weight excluding hydrogens is 445 g/mol. The van der Waals surface area contributed by atoms with E-state index in [0.29, 0.717) is 30.6 Å². The lowest BCUT2D eigenvalue weighted by Crippen LogP contribution is -2.26. The topological polar surface area (TPSA) is 80.2 Å². The second-order valence-corrected chi connectivity index (χ2v) is 9.86. The van der Waals surface area contributed by atoms with Crippen molar-refractivity contribution in [3.63, 3.8) is 0 Å². The number of amides is 1. The van der Waals surface area contributed by atoms with Gasteiger partial charge in [0, 0.05) is 18.3 Å². The Bertz CT molecular complexity index is 1190. The summed E-state index contributed by atoms with van der Waals surface area (Å²) in [5.41, 5.74) is 6.44. The molecule has 1 aliphatic rings. The molecule has 0 atom stereocenters. The maximum absolute atomic E-state index is 15.8. The number of rotatable bonds is 12. The lowest BCUT2D eigenvalue weighted by Gasteiger charge is -2.16. The second-order valence-electron chi connectivity index (χ2n) is 9.86. The summed E-state index contributed by atoms with van der Waals surface area (Å²) in [5.74, 6) is -0.531. The first-order valence-electron chi connectivity index (χ1n) is 12.5. The Morgan fingerprint density at radius 3 is 2.74 bits per heavy atom. The molecule has 1 heterocycles. The van der Waals surface area contributed by atoms with E-state index in [4.69, 9.17) is 4.84 Å². The van der Waals surface area contributed by atoms with Gasteiger partial charge in [-0.1, -0.05) is 31.5 Å². The number of carbonyl (C=O) groups is 1. The number of hydrogen-bond donors (Lipinski definition) is 3. The molecule has 188 valence electrons. The molecule has 0 radical (unpaired) electrons. The summed E-state index contributed by atoms with van der Waals surface area (Å²) in [6, 6.07) is 8.01. The van der Waals surface area contributed by atoms with Crippen molar-refractivity contribution < 1.29 is 14.0 Å². The highest BCUT2D eigenvalue weighted by Crippen LogP contribution is 2.33. The Kier molecular flexibility index (Phi) is 8.03. The van der Waals surface area contributed by atoms with Crippen molar-refractivity contribution in [2.45, 2.75) is 66.0 Å². The van der Waals surface area contributed by atoms with Gasteiger partial charge in [0.15, 0.2) is 5.82 Å². The molecule has 8 heteroatoms. The van der Waals surface area contributed by atoms with Crippen molar-refractivity contribution in [1.82, 2.24) is 20.3 Å². The van der Waals surface area contributed by atoms with E-state index in [1.165, 1.54) is 0 Å². The summed E-state index contributed by atoms with van der Waals surface area (Å²) < 4.78 is 17.7. The minimum atomic E-state index is -0.546. The molecule has 0 spiro atoms. The van der Waals surface area contributed by atoms with Crippen LogP contribution in [0.25, 0.3) is 11.0 Å². The number of imidazole rings is 1. The lowest BCUT2D eigenvalue weighted by atomic mass is 10.1. The van der Waals surface area contributed by atoms with Crippen LogP contribution in [0.5, 0.6) is 0 Å². The highest BCUT2D eigenvalue weighted by atomic mass is 19.1. The zero-order valence-corrected chi connectivity index (χ0v) is 21.1. The smallest absolute Gasteiger partial charge is 0.277 e. The molecule has 1 amide bonds. The van der Waals surface area contributed by atoms with Gasteiger partial charge in [0.25, 0.3) is 5.91 Å². The number of fused-ring (bicyclic) bond motifs is 1. The third kappa shape index (κ3) is 6.38. The summed E-state index contributed by atoms with van der Waals surface area (Å²) >= 11 is 0. The fourth-order valence-corrected chi connectivity index (χ4v) is 4.09. The number of anilines is 2. The highest BCUT2D eigenvalue weighted by molar-refractivity contribution is 6.04. The van der Waals surface area contributed by atoms with Crippen LogP contribution < -0.4 is 16.1 Å². The fraction of sp³-hybridized carbons (Fsp3) is 0.481. The minimum Gasteiger partial charge on any atom is -0.352 e. The van der Waals surface area contributed by atoms with Crippen molar-refractivity contribution in [3.05, 3.63) is 53.1 Å². The average Bonchev–Trinajstić information content (AvgIpc) is 3.54. The predicted molar refractivity (Wildman–Crippen MR) is 137 cm³/mol. The number of aromatic nitrogens is 2. The molecule has 0 saturated heterocycles. The van der Waals surface area contributed by atoms with Crippen LogP contribution in [0.2, 0.25) is 0 Å². The van der Waals surface area contributed by atoms with Crippen LogP contribution in [0, 0.1) is 25.6 Å². The van der Waals surface area contributed by atoms with Crippen molar-refractivity contribution in [1.29, 1.82) is 0 Å². The number of unbranched alkanes of at least 4 members (excludes halogenated alkanes) is 1. The number of aryl methyl sites for hydroxylation is 3. The molecule has 2 aromatic carbocycles. The normalized spacial score (nSPS) is 13.5. The summed E-state index contributed by atoms with van der Waals surface area (Å²) in [5, 5.41) is 6.56. The van der Waals surface area contributed by atoms with Gasteiger partial charge in [-0.2, -0.15) is 0 Å². The number of hydrogen-bond acceptors (Lipinski definition) is 5. The highest BCUT2D eigenvalue weighted by Gasteiger charge is 2.25. The third-order valence-electron chi connectivity index (χ3n) is 6.30. The Hall–Kier alpha value is -2.97. The summed E-state index contributed by atoms with van der Waals surface area (Å²) in [6.45, 7) is 10.3. The van der Waals surface area contributed by atoms with E-state index >= 15 is 4.39 Å². The van der Waals surface area contributed by atoms with Gasteiger partial charge in [0.1, 0.15) is 5.52 Å². The van der Waals surface area contributed by atoms with Crippen LogP contribution in [-0.2, 0) is 11.4 Å². The number of carbonyl (C=O) groups excluding carboxylic acids is 1. The van der Waals surface area contributed by atoms with Gasteiger partial charge in [0.05, 0.1) is 29.7 Å². The first-order chi connectivity index (χ1) is 16.8. The van der Waals surface area contributed by atoms with Crippen LogP contribution >= 0.6 is 0 Å². The lowest BCUT2D eigenvalue weighted by molar-refractivity contribution is 0.0271. The van der Waals surface area contributed by atoms with Crippen molar-refractivity contribution in [2.24, 2.45) is 5.92 Å². The molecule has 0 bridgehead atoms. The van der Waals surface area contributed by atoms with Gasteiger partial charge in [-0.25, -0.2) is 14.9 Å². The molecule has 1 fully saturated rings. The Labute approximate surface area is 206 Å². The van der Waals surface area contributed by atoms with Crippen LogP contribution in [0.1, 0.15) is 61.0 Å². The van der Waals surface area contributed by atoms with E-state index in [0.717, 1.165) is 49.0 Å². The van der Waals surface area contributed by atoms with E-state index in [1.54, 1.807) is 12.4 Å². The van der Waals surface area contributed by atoms with Gasteiger partial charge in [-0.15, -0.1) is 0 Å². The molecular formula is C27H36FN5O2. The molecule has 1 aliphatic carbocycles. The molecule has 7 nitrogen and oxygen atoms in total. The molecule has 3 N–H and O–H groups in total. The number of hydroxylamine groups is 1. The van der Waals surface area contributed by atoms with Crippen LogP contribution in [0.4, 0.5) is 15.8 Å². The zero-order chi connectivity index (χ0) is 24.9. The molecule has 35 heavy (non-hydrogen) atoms. The van der Waals surface area contributed by atoms with E-state index in [9.17, 15) is 4.79 Å². The first kappa shape index (κ1) is 25.1. The first-order valence-corrected chi connectivity index (χ1v) is 12.5. The van der Waals surface area contributed by atoms with Gasteiger partial charge < -0.3 is 15.2 Å². The predicted octanol–water partition coefficient (Wildman–Crippen LogP) is 5.39. The van der Waals surface area contributed by atoms with Crippen LogP contribution in [0.3, 0.4) is 0 Å². The SMILES string of the molecule is Cc1ccc(Nc2c(C(=O)NOCC3CC3)cc3c(ncn3CCCCNC(C)C)c2F)c(C)c1. The van der Waals surface area contributed by atoms with Gasteiger partial charge in [0.2, 0.25) is 0 Å². The Morgan fingerprint density at radius 2 is 2.03 bits per heavy atom. The van der Waals surface area contributed by atoms with E-state index in [-0.39, 0.29) is 16.8 Å². The molecule has 3 aromatic rings. The van der Waals surface area contributed by atoms with Crippen LogP contribution in [-0.4, -0.2) is 34.7 Å². The molecule has 1 aromatic heterocycles. The Balaban J connectivity index is 1.62. The molecule has 0 unspecified atom stereocenters. The largest absolute Gasteiger partial charge is 0.352 e. The molecule has 1 saturated carbocycles. The molecule has 4 rings (SSSR count). The second kappa shape index (κ2) is 11.2. The van der Waals surface area contributed by atoms with E-state index < -0.39 is 11.7 Å². The number of halogens is 1. The summed E-state index contributed by atoms with van der Waals surface area (Å²) in [6.07, 6.45) is 5.79. The van der Waals surface area contributed by atoms with E-state index in [1.807, 2.05) is 36.6 Å². The van der Waals surface area contributed by atoms with Crippen molar-refractivity contribution >= 4 is 28.3 Å². The summed E-state index contributed by atoms with van der Waals surface area (Å²) in [7, 11) is 0. The van der Waals surface area contributed by atoms with E-state index in [2.05, 4.69) is 34.9 Å². The van der Waals surface area contributed by atoms with Gasteiger partial charge in [-0.05, 0) is 69.7 Å². The number of nitrogens with one attached hydrogen (secondary N) is 3. The minimum absolute atomic E-state index is 0.100. The standard InChI is InChI=1S/C27H36FN5O2/c1-17(2)29-11-5-6-12-33-16-30-26-23(33)14-21(27(34)32-35-15-20-8-9-20)25(24(26)28)31-22-10-7-18(3)13-19(22)4/h7,10,13-14,16-17,20,29,31H,5-6,8-9,11-12,15H2,1-4H3,(H,32,34). The van der Waals surface area contributed by atoms with Gasteiger partial charge >= 0.3 is 0 Å². The molecule has 0 aliphatic heterocycles. The van der Waals surface area contributed by atoms with Gasteiger partial charge in [-0.3, -0.25) is 9.63 Å². The van der Waals surface area contributed by atoms with Crippen molar-refractivity contribution in [2.75, 3.05) is 18.5 Å². The fourth-order valence-electron chi connectivity index (χ4n) is 4.09. The van der Waals surface area contributed by atoms with Crippen molar-refractivity contribution in [3.8, 4) is 0 Å². The van der Waals surface area contributed by atoms with Crippen LogP contribution in [0.15, 0.2) is 30.6 Å². The maximum atomic E-state index is 15.8. The number of benzene rings is 2. The maximum Gasteiger partial charge on any atom is 0.277 e. The third-order valence-corrected chi connectivity index (χ3v) is 6.30. The Morgan fingerprint density at radius 1 is 1.23 bits per heavy atom. The quantitative estimate of drug-likeness (QED) is 0.239. The summed E-state index contributed by atoms with van der Waals surface area (Å²) in [4.78, 5) is 22.9. The number of nitrogens with zero attached hydrogens (tertiary/aromatic N) is 2. The zero-order valence-electron chi connectivity index (χ0n) is 21.1. The average molecular weight is 482 g/mol. The monoisotopic (exact) mass is 481 g/mol.